The summed E-state index contributed by atoms with van der Waals surface area (Å²) >= 11 is 0. The van der Waals surface area contributed by atoms with Crippen LogP contribution in [0.4, 0.5) is 18.9 Å². The number of aldehydes is 1. The van der Waals surface area contributed by atoms with Gasteiger partial charge >= 0.3 is 11.9 Å². The smallest absolute Gasteiger partial charge is 0.380 e. The van der Waals surface area contributed by atoms with Gasteiger partial charge in [0.1, 0.15) is 12.6 Å². The van der Waals surface area contributed by atoms with Crippen LogP contribution in [0.15, 0.2) is 100 Å². The van der Waals surface area contributed by atoms with Crippen LogP contribution in [0.2, 0.25) is 0 Å². The minimum Gasteiger partial charge on any atom is -0.380 e. The second-order valence-corrected chi connectivity index (χ2v) is 16.3. The Kier molecular flexibility index (Phi) is 15.1. The maximum Gasteiger partial charge on any atom is 0.418 e. The van der Waals surface area contributed by atoms with E-state index in [0.29, 0.717) is 101 Å². The normalized spacial score (nSPS) is 15.2. The number of rotatable bonds is 21. The van der Waals surface area contributed by atoms with Gasteiger partial charge < -0.3 is 24.5 Å². The second-order valence-electron chi connectivity index (χ2n) is 16.3. The van der Waals surface area contributed by atoms with Crippen molar-refractivity contribution >= 4 is 42.4 Å². The van der Waals surface area contributed by atoms with Crippen LogP contribution in [0.3, 0.4) is 0 Å². The van der Waals surface area contributed by atoms with Gasteiger partial charge in [0.25, 0.3) is 11.8 Å². The molecule has 2 aliphatic rings. The van der Waals surface area contributed by atoms with Crippen LogP contribution in [0.25, 0.3) is 11.2 Å². The molecule has 3 aromatic carbocycles. The number of hydrogen-bond acceptors (Lipinski definition) is 10. The number of piperidine rings is 1. The molecule has 0 bridgehead atoms. The number of imidazole rings is 1. The fraction of sp³-hybridized carbons (Fsp3) is 0.375. The lowest BCUT2D eigenvalue weighted by molar-refractivity contribution is -0.136. The SMILES string of the molecule is C=N/N=C\N(C)CCc1cccc(-n2cc3c(C(F)(F)F)cc(CN4CCC(OCCOCc5ccc(CNc6cccc7c6C(=O)N(C(C=O)CCC)C7=O)cc5)CC4)cn3c2=O)c1. The van der Waals surface area contributed by atoms with E-state index in [0.717, 1.165) is 32.1 Å². The number of likely N-dealkylation sites (N-methyl/N-ethyl adjacent to an activating group) is 1. The van der Waals surface area contributed by atoms with Gasteiger partial charge in [-0.1, -0.05) is 55.8 Å². The van der Waals surface area contributed by atoms with E-state index in [-0.39, 0.29) is 29.3 Å². The summed E-state index contributed by atoms with van der Waals surface area (Å²) in [6, 6.07) is 20.5. The average molecular weight is 895 g/mol. The molecular weight excluding hydrogens is 842 g/mol. The summed E-state index contributed by atoms with van der Waals surface area (Å²) in [5, 5.41) is 10.5. The van der Waals surface area contributed by atoms with Crippen molar-refractivity contribution in [1.29, 1.82) is 0 Å². The molecule has 342 valence electrons. The molecule has 0 radical (unpaired) electrons. The van der Waals surface area contributed by atoms with E-state index in [9.17, 15) is 32.3 Å². The van der Waals surface area contributed by atoms with Crippen LogP contribution in [0.5, 0.6) is 0 Å². The molecule has 1 saturated heterocycles. The maximum atomic E-state index is 14.5. The Balaban J connectivity index is 0.861. The molecule has 5 aromatic rings. The van der Waals surface area contributed by atoms with Crippen molar-refractivity contribution < 1.29 is 37.0 Å². The van der Waals surface area contributed by atoms with E-state index in [1.165, 1.54) is 17.0 Å². The molecule has 1 atom stereocenters. The number of ether oxygens (including phenoxy) is 2. The highest BCUT2D eigenvalue weighted by atomic mass is 19.4. The van der Waals surface area contributed by atoms with E-state index in [4.69, 9.17) is 9.47 Å². The number of hydrogen-bond donors (Lipinski definition) is 1. The number of nitrogens with one attached hydrogen (secondary N) is 1. The number of nitrogens with zero attached hydrogens (tertiary/aromatic N) is 7. The van der Waals surface area contributed by atoms with Gasteiger partial charge in [0.05, 0.1) is 59.9 Å². The van der Waals surface area contributed by atoms with Crippen LogP contribution in [-0.4, -0.2) is 107 Å². The molecule has 14 nitrogen and oxygen atoms in total. The molecule has 1 unspecified atom stereocenters. The van der Waals surface area contributed by atoms with Crippen LogP contribution in [0.1, 0.15) is 81.1 Å². The Hall–Kier alpha value is -6.43. The van der Waals surface area contributed by atoms with Crippen LogP contribution >= 0.6 is 0 Å². The lowest BCUT2D eigenvalue weighted by Crippen LogP contribution is -2.40. The van der Waals surface area contributed by atoms with Gasteiger partial charge in [-0.3, -0.25) is 28.4 Å². The van der Waals surface area contributed by atoms with E-state index in [1.807, 2.05) is 49.2 Å². The van der Waals surface area contributed by atoms with Gasteiger partial charge in [-0.05, 0) is 78.3 Å². The fourth-order valence-corrected chi connectivity index (χ4v) is 8.31. The molecule has 4 heterocycles. The lowest BCUT2D eigenvalue weighted by atomic mass is 10.1. The standard InChI is InChI=1S/C48H53F3N8O6/c1-4-7-38(30-60)59-45(61)40-10-6-11-42(44(40)46(59)62)53-26-34-12-14-35(15-13-34)31-64-22-23-65-39-17-20-56(21-18-39)27-36-25-41(48(49,50)51)43-29-57(47(63)58(43)28-36)37-9-5-8-33(24-37)16-19-55(3)32-54-52-2/h5-6,8-15,24-25,28-30,32,38-39,53H,2,4,7,16-23,26-27,31H2,1,3H3/b54-32-. The van der Waals surface area contributed by atoms with Crippen molar-refractivity contribution in [3.05, 3.63) is 135 Å². The molecular formula is C48H53F3N8O6. The summed E-state index contributed by atoms with van der Waals surface area (Å²) in [6.07, 6.45) is 3.39. The number of benzene rings is 3. The fourth-order valence-electron chi connectivity index (χ4n) is 8.31. The van der Waals surface area contributed by atoms with Crippen LogP contribution in [-0.2, 0) is 46.6 Å². The molecule has 17 heteroatoms. The van der Waals surface area contributed by atoms with Crippen molar-refractivity contribution in [2.45, 2.75) is 77.0 Å². The molecule has 1 fully saturated rings. The minimum absolute atomic E-state index is 0.00920. The molecule has 2 amide bonds. The zero-order chi connectivity index (χ0) is 46.1. The molecule has 1 N–H and O–H groups in total. The van der Waals surface area contributed by atoms with Crippen LogP contribution in [0, 0.1) is 0 Å². The summed E-state index contributed by atoms with van der Waals surface area (Å²) in [7, 11) is 1.84. The summed E-state index contributed by atoms with van der Waals surface area (Å²) in [5.41, 5.74) is 3.16. The van der Waals surface area contributed by atoms with Gasteiger partial charge in [0.15, 0.2) is 0 Å². The average Bonchev–Trinajstić information content (AvgIpc) is 3.77. The Morgan fingerprint density at radius 3 is 2.42 bits per heavy atom. The van der Waals surface area contributed by atoms with Gasteiger partial charge in [0.2, 0.25) is 0 Å². The molecule has 0 saturated carbocycles. The number of alkyl halides is 3. The number of carbonyl (C=O) groups is 3. The largest absolute Gasteiger partial charge is 0.418 e. The quantitative estimate of drug-likeness (QED) is 0.0206. The molecule has 7 rings (SSSR count). The summed E-state index contributed by atoms with van der Waals surface area (Å²) in [5.74, 6) is -0.918. The van der Waals surface area contributed by atoms with Gasteiger partial charge in [-0.2, -0.15) is 18.3 Å². The van der Waals surface area contributed by atoms with Crippen molar-refractivity contribution in [2.24, 2.45) is 10.2 Å². The second kappa shape index (κ2) is 21.0. The first-order valence-corrected chi connectivity index (χ1v) is 21.7. The van der Waals surface area contributed by atoms with Gasteiger partial charge in [0, 0.05) is 64.6 Å². The van der Waals surface area contributed by atoms with Crippen LogP contribution < -0.4 is 11.0 Å². The number of pyridine rings is 1. The molecule has 0 aliphatic carbocycles. The number of fused-ring (bicyclic) bond motifs is 2. The van der Waals surface area contributed by atoms with E-state index < -0.39 is 35.3 Å². The van der Waals surface area contributed by atoms with Crippen molar-refractivity contribution in [3.8, 4) is 5.69 Å². The summed E-state index contributed by atoms with van der Waals surface area (Å²) in [4.78, 5) is 56.6. The first-order valence-electron chi connectivity index (χ1n) is 21.7. The highest BCUT2D eigenvalue weighted by Crippen LogP contribution is 2.34. The highest BCUT2D eigenvalue weighted by molar-refractivity contribution is 6.24. The Labute approximate surface area is 374 Å². The first-order chi connectivity index (χ1) is 31.4. The van der Waals surface area contributed by atoms with E-state index in [2.05, 4.69) is 27.1 Å². The molecule has 65 heavy (non-hydrogen) atoms. The summed E-state index contributed by atoms with van der Waals surface area (Å²) in [6.45, 7) is 8.90. The zero-order valence-corrected chi connectivity index (χ0v) is 36.5. The minimum atomic E-state index is -4.67. The Morgan fingerprint density at radius 1 is 0.938 bits per heavy atom. The molecule has 2 aliphatic heterocycles. The van der Waals surface area contributed by atoms with Crippen molar-refractivity contribution in [1.82, 2.24) is 23.7 Å². The topological polar surface area (TPSA) is 143 Å². The lowest BCUT2D eigenvalue weighted by Gasteiger charge is -2.32. The zero-order valence-electron chi connectivity index (χ0n) is 36.5. The van der Waals surface area contributed by atoms with Gasteiger partial charge in [-0.25, -0.2) is 4.79 Å². The van der Waals surface area contributed by atoms with Crippen molar-refractivity contribution in [3.63, 3.8) is 0 Å². The van der Waals surface area contributed by atoms with E-state index >= 15 is 0 Å². The van der Waals surface area contributed by atoms with Crippen molar-refractivity contribution in [2.75, 3.05) is 45.2 Å². The number of halogens is 3. The predicted octanol–water partition coefficient (Wildman–Crippen LogP) is 7.00. The maximum absolute atomic E-state index is 14.5. The number of amides is 2. The number of likely N-dealkylation sites (tertiary alicyclic amines) is 1. The van der Waals surface area contributed by atoms with Gasteiger partial charge in [-0.15, -0.1) is 5.10 Å². The third-order valence-electron chi connectivity index (χ3n) is 11.7. The first kappa shape index (κ1) is 46.6. The third-order valence-corrected chi connectivity index (χ3v) is 11.7. The Bertz CT molecular complexity index is 2580. The summed E-state index contributed by atoms with van der Waals surface area (Å²) < 4.78 is 57.7. The number of carbonyl (C=O) groups excluding carboxylic acids is 3. The van der Waals surface area contributed by atoms with E-state index in [1.54, 1.807) is 42.7 Å². The number of anilines is 1. The number of aromatic nitrogens is 2. The Morgan fingerprint density at radius 2 is 1.69 bits per heavy atom. The molecule has 2 aromatic heterocycles. The third kappa shape index (κ3) is 11.1. The molecule has 0 spiro atoms. The number of imide groups is 1. The predicted molar refractivity (Wildman–Crippen MR) is 242 cm³/mol. The highest BCUT2D eigenvalue weighted by Gasteiger charge is 2.41. The monoisotopic (exact) mass is 894 g/mol.